The minimum absolute atomic E-state index is 0.0628. The first kappa shape index (κ1) is 38.0. The van der Waals surface area contributed by atoms with Gasteiger partial charge in [-0.3, -0.25) is 0 Å². The first-order valence-corrected chi connectivity index (χ1v) is 19.1. The molecule has 0 N–H and O–H groups in total. The number of carbonyl (C=O) groups excluding carboxylic acids is 3. The largest absolute Gasteiger partial charge is 0.460 e. The Bertz CT molecular complexity index is 1400. The van der Waals surface area contributed by atoms with E-state index in [4.69, 9.17) is 23.1 Å². The number of rotatable bonds is 15. The van der Waals surface area contributed by atoms with Crippen molar-refractivity contribution in [3.05, 3.63) is 97.6 Å². The Balaban J connectivity index is 0.000000242. The molecule has 0 aromatic heterocycles. The molecule has 0 unspecified atom stereocenters. The molecule has 264 valence electrons. The molecule has 6 rings (SSSR count). The lowest BCUT2D eigenvalue weighted by atomic mass is 9.47. The molecule has 9 heteroatoms. The Labute approximate surface area is 292 Å². The van der Waals surface area contributed by atoms with Crippen molar-refractivity contribution in [3.8, 4) is 0 Å². The lowest BCUT2D eigenvalue weighted by molar-refractivity contribution is -0.221. The van der Waals surface area contributed by atoms with Crippen LogP contribution in [0.3, 0.4) is 0 Å². The van der Waals surface area contributed by atoms with Gasteiger partial charge in [0.25, 0.3) is 0 Å². The molecule has 2 aromatic rings. The summed E-state index contributed by atoms with van der Waals surface area (Å²) in [4.78, 5) is 35.1. The van der Waals surface area contributed by atoms with Crippen molar-refractivity contribution in [1.29, 1.82) is 0 Å². The molecule has 8 nitrogen and oxygen atoms in total. The van der Waals surface area contributed by atoms with Crippen LogP contribution in [0.25, 0.3) is 0 Å². The van der Waals surface area contributed by atoms with E-state index in [9.17, 15) is 14.4 Å². The third kappa shape index (κ3) is 9.06. The highest BCUT2D eigenvalue weighted by Crippen LogP contribution is 2.61. The lowest BCUT2D eigenvalue weighted by Crippen LogP contribution is -2.64. The predicted molar refractivity (Wildman–Crippen MR) is 192 cm³/mol. The maximum Gasteiger partial charge on any atom is 0.407 e. The van der Waals surface area contributed by atoms with Crippen LogP contribution in [-0.4, -0.2) is 58.5 Å². The quantitative estimate of drug-likeness (QED) is 0.0731. The highest BCUT2D eigenvalue weighted by Gasteiger charge is 2.60. The number of benzene rings is 2. The SMILES string of the molecule is C=C(C)C(=O)OC1(C(C)C)C2CC3CC(C2)CC1C3.C=CC(=O)OCCO[Si](OCCOC(=O)C(=C)C)(c1ccccc1)c1ccccc1. The van der Waals surface area contributed by atoms with Gasteiger partial charge in [-0.1, -0.05) is 94.2 Å². The number of hydrogen-bond acceptors (Lipinski definition) is 8. The van der Waals surface area contributed by atoms with Crippen LogP contribution in [0.4, 0.5) is 0 Å². The van der Waals surface area contributed by atoms with Gasteiger partial charge < -0.3 is 23.1 Å². The molecule has 0 amide bonds. The number of ether oxygens (including phenoxy) is 3. The van der Waals surface area contributed by atoms with Gasteiger partial charge in [-0.05, 0) is 85.9 Å². The highest BCUT2D eigenvalue weighted by atomic mass is 28.4. The van der Waals surface area contributed by atoms with Crippen molar-refractivity contribution in [1.82, 2.24) is 0 Å². The summed E-state index contributed by atoms with van der Waals surface area (Å²) in [6.45, 7) is 18.9. The smallest absolute Gasteiger partial charge is 0.407 e. The first-order chi connectivity index (χ1) is 23.4. The maximum absolute atomic E-state index is 12.1. The normalized spacial score (nSPS) is 23.5. The van der Waals surface area contributed by atoms with Crippen molar-refractivity contribution in [2.24, 2.45) is 29.6 Å². The Morgan fingerprint density at radius 3 is 1.59 bits per heavy atom. The maximum atomic E-state index is 12.1. The van der Waals surface area contributed by atoms with E-state index in [1.54, 1.807) is 13.8 Å². The van der Waals surface area contributed by atoms with E-state index in [1.165, 1.54) is 32.1 Å². The van der Waals surface area contributed by atoms with Gasteiger partial charge in [0.15, 0.2) is 0 Å². The van der Waals surface area contributed by atoms with E-state index >= 15 is 0 Å². The molecule has 4 fully saturated rings. The van der Waals surface area contributed by atoms with Crippen LogP contribution in [0.15, 0.2) is 97.6 Å². The van der Waals surface area contributed by atoms with Crippen LogP contribution < -0.4 is 10.4 Å². The van der Waals surface area contributed by atoms with Crippen LogP contribution in [0.2, 0.25) is 0 Å². The Morgan fingerprint density at radius 2 is 1.18 bits per heavy atom. The summed E-state index contributed by atoms with van der Waals surface area (Å²) in [5.41, 5.74) is 0.655. The summed E-state index contributed by atoms with van der Waals surface area (Å²) < 4.78 is 28.9. The minimum atomic E-state index is -3.16. The monoisotopic (exact) mass is 688 g/mol. The lowest BCUT2D eigenvalue weighted by Gasteiger charge is -2.61. The van der Waals surface area contributed by atoms with Crippen molar-refractivity contribution >= 4 is 36.8 Å². The zero-order chi connectivity index (χ0) is 35.6. The summed E-state index contributed by atoms with van der Waals surface area (Å²) in [6.07, 6.45) is 7.62. The molecule has 4 aliphatic rings. The Hall–Kier alpha value is -3.79. The summed E-state index contributed by atoms with van der Waals surface area (Å²) in [5, 5.41) is 1.77. The van der Waals surface area contributed by atoms with Crippen LogP contribution in [0.5, 0.6) is 0 Å². The molecule has 49 heavy (non-hydrogen) atoms. The van der Waals surface area contributed by atoms with Crippen molar-refractivity contribution < 1.29 is 37.4 Å². The molecule has 0 spiro atoms. The molecule has 4 bridgehead atoms. The second kappa shape index (κ2) is 17.2. The van der Waals surface area contributed by atoms with E-state index in [0.29, 0.717) is 28.9 Å². The molecule has 0 heterocycles. The third-order valence-corrected chi connectivity index (χ3v) is 13.4. The molecular weight excluding hydrogens is 637 g/mol. The fourth-order valence-corrected chi connectivity index (χ4v) is 11.2. The molecule has 4 saturated carbocycles. The molecule has 0 radical (unpaired) electrons. The zero-order valence-corrected chi connectivity index (χ0v) is 30.5. The second-order valence-electron chi connectivity index (χ2n) is 13.8. The molecule has 4 aliphatic carbocycles. The topological polar surface area (TPSA) is 97.4 Å². The Kier molecular flexibility index (Phi) is 13.4. The summed E-state index contributed by atoms with van der Waals surface area (Å²) in [7, 11) is -3.16. The molecule has 2 aromatic carbocycles. The van der Waals surface area contributed by atoms with E-state index in [1.807, 2.05) is 60.7 Å². The van der Waals surface area contributed by atoms with Crippen LogP contribution in [0, 0.1) is 29.6 Å². The summed E-state index contributed by atoms with van der Waals surface area (Å²) >= 11 is 0. The molecule has 0 aliphatic heterocycles. The number of hydrogen-bond donors (Lipinski definition) is 0. The van der Waals surface area contributed by atoms with Gasteiger partial charge in [0, 0.05) is 17.2 Å². The molecule has 0 atom stereocenters. The zero-order valence-electron chi connectivity index (χ0n) is 29.5. The van der Waals surface area contributed by atoms with Gasteiger partial charge >= 0.3 is 26.5 Å². The summed E-state index contributed by atoms with van der Waals surface area (Å²) in [5.74, 6) is 2.22. The van der Waals surface area contributed by atoms with Gasteiger partial charge in [0.2, 0.25) is 0 Å². The number of carbonyl (C=O) groups is 3. The van der Waals surface area contributed by atoms with E-state index in [0.717, 1.165) is 28.3 Å². The van der Waals surface area contributed by atoms with E-state index < -0.39 is 20.5 Å². The predicted octanol–water partition coefficient (Wildman–Crippen LogP) is 6.08. The minimum Gasteiger partial charge on any atom is -0.460 e. The highest BCUT2D eigenvalue weighted by molar-refractivity contribution is 6.92. The van der Waals surface area contributed by atoms with Gasteiger partial charge in [0.1, 0.15) is 18.8 Å². The van der Waals surface area contributed by atoms with Gasteiger partial charge in [-0.2, -0.15) is 0 Å². The Morgan fingerprint density at radius 1 is 0.735 bits per heavy atom. The van der Waals surface area contributed by atoms with Crippen molar-refractivity contribution in [3.63, 3.8) is 0 Å². The van der Waals surface area contributed by atoms with E-state index in [2.05, 4.69) is 33.6 Å². The molecular formula is C40H52O8Si. The first-order valence-electron chi connectivity index (χ1n) is 17.3. The van der Waals surface area contributed by atoms with Gasteiger partial charge in [-0.25, -0.2) is 14.4 Å². The van der Waals surface area contributed by atoms with Gasteiger partial charge in [-0.15, -0.1) is 0 Å². The number of esters is 3. The van der Waals surface area contributed by atoms with Gasteiger partial charge in [0.05, 0.1) is 13.2 Å². The van der Waals surface area contributed by atoms with Crippen LogP contribution in [0.1, 0.15) is 59.8 Å². The summed E-state index contributed by atoms with van der Waals surface area (Å²) in [6, 6.07) is 19.2. The fourth-order valence-electron chi connectivity index (χ4n) is 8.08. The second-order valence-corrected chi connectivity index (χ2v) is 16.8. The third-order valence-electron chi connectivity index (χ3n) is 10.0. The fraction of sp³-hybridized carbons (Fsp3) is 0.475. The van der Waals surface area contributed by atoms with Crippen molar-refractivity contribution in [2.45, 2.75) is 65.4 Å². The molecule has 0 saturated heterocycles. The van der Waals surface area contributed by atoms with Crippen LogP contribution in [-0.2, 0) is 37.4 Å². The average Bonchev–Trinajstić information content (AvgIpc) is 3.09. The van der Waals surface area contributed by atoms with Crippen LogP contribution >= 0.6 is 0 Å². The average molecular weight is 689 g/mol. The van der Waals surface area contributed by atoms with Crippen molar-refractivity contribution in [2.75, 3.05) is 26.4 Å². The standard InChI is InChI=1S/C23H26O6Si.C17H26O2/c1-4-22(24)26-15-17-28-30(20-11-7-5-8-12-20,21-13-9-6-10-14-21)29-18-16-27-23(25)19(2)3;1-10(2)16(18)19-17(11(3)4)14-6-12-5-13(8-14)9-15(17)7-12/h4-14H,1-2,15-18H2,3H3;11-15H,1,5-9H2,2-4H3. The van der Waals surface area contributed by atoms with E-state index in [-0.39, 0.29) is 38.0 Å².